The average molecular weight is 993 g/mol. The van der Waals surface area contributed by atoms with Gasteiger partial charge in [-0.1, -0.05) is 0 Å². The molecular formula is C24Cl2F20OSn2. The molecule has 0 aliphatic heterocycles. The van der Waals surface area contributed by atoms with Crippen molar-refractivity contribution in [3.8, 4) is 0 Å². The molecule has 0 radical (unpaired) electrons. The van der Waals surface area contributed by atoms with E-state index >= 15 is 35.1 Å². The second-order valence-corrected chi connectivity index (χ2v) is 33.2. The van der Waals surface area contributed by atoms with Crippen LogP contribution in [0.15, 0.2) is 0 Å². The zero-order valence-electron chi connectivity index (χ0n) is 21.7. The van der Waals surface area contributed by atoms with Gasteiger partial charge in [-0.15, -0.1) is 0 Å². The Morgan fingerprint density at radius 3 is 0.449 bits per heavy atom. The SMILES string of the molecule is Fc1c(F)c(F)[c]([Sn]([Cl])([O][Sn]([Cl])([c]2c(F)c(F)c(F)c(F)c2F)[c]2c(F)c(F)c(F)c(F)c2F)[c]2c(F)c(F)c(F)c(F)c2F)c(F)c1F. The molecule has 0 bridgehead atoms. The van der Waals surface area contributed by atoms with Gasteiger partial charge in [0.05, 0.1) is 0 Å². The quantitative estimate of drug-likeness (QED) is 0.0898. The topological polar surface area (TPSA) is 9.23 Å². The Balaban J connectivity index is 2.40. The number of benzene rings is 4. The molecule has 4 rings (SSSR count). The van der Waals surface area contributed by atoms with Crippen LogP contribution in [0.3, 0.4) is 0 Å². The van der Waals surface area contributed by atoms with E-state index in [0.29, 0.717) is 0 Å². The van der Waals surface area contributed by atoms with Crippen molar-refractivity contribution < 1.29 is 89.2 Å². The van der Waals surface area contributed by atoms with Crippen molar-refractivity contribution in [2.75, 3.05) is 0 Å². The van der Waals surface area contributed by atoms with Crippen molar-refractivity contribution in [2.24, 2.45) is 0 Å². The van der Waals surface area contributed by atoms with Crippen LogP contribution in [0.1, 0.15) is 0 Å². The van der Waals surface area contributed by atoms with Crippen LogP contribution in [-0.2, 0) is 1.41 Å². The van der Waals surface area contributed by atoms with Gasteiger partial charge >= 0.3 is 273 Å². The van der Waals surface area contributed by atoms with Crippen molar-refractivity contribution in [1.29, 1.82) is 0 Å². The molecule has 4 aromatic carbocycles. The second kappa shape index (κ2) is 13.3. The van der Waals surface area contributed by atoms with Gasteiger partial charge in [0.25, 0.3) is 0 Å². The summed E-state index contributed by atoms with van der Waals surface area (Å²) in [6.45, 7) is 0. The molecule has 264 valence electrons. The van der Waals surface area contributed by atoms with E-state index in [4.69, 9.17) is 17.8 Å². The fraction of sp³-hybridized carbons (Fsp3) is 0. The summed E-state index contributed by atoms with van der Waals surface area (Å²) in [5, 5.41) is 0. The number of rotatable bonds is 6. The van der Waals surface area contributed by atoms with Crippen LogP contribution in [0.5, 0.6) is 0 Å². The van der Waals surface area contributed by atoms with Crippen molar-refractivity contribution >= 4 is 67.5 Å². The van der Waals surface area contributed by atoms with E-state index in [9.17, 15) is 52.7 Å². The van der Waals surface area contributed by atoms with Crippen LogP contribution in [0.4, 0.5) is 87.8 Å². The number of halogens is 22. The van der Waals surface area contributed by atoms with E-state index < -0.39 is 166 Å². The Bertz CT molecular complexity index is 1710. The van der Waals surface area contributed by atoms with E-state index in [1.165, 1.54) is 0 Å². The first kappa shape index (κ1) is 39.4. The summed E-state index contributed by atoms with van der Waals surface area (Å²) >= 11 is -17.8. The summed E-state index contributed by atoms with van der Waals surface area (Å²) in [5.74, 6) is -65.8. The van der Waals surface area contributed by atoms with Crippen molar-refractivity contribution in [2.45, 2.75) is 0 Å². The van der Waals surface area contributed by atoms with Crippen LogP contribution in [0, 0.1) is 116 Å². The number of hydrogen-bond acceptors (Lipinski definition) is 1. The van der Waals surface area contributed by atoms with Gasteiger partial charge in [-0.3, -0.25) is 0 Å². The van der Waals surface area contributed by atoms with Gasteiger partial charge in [0, 0.05) is 0 Å². The summed E-state index contributed by atoms with van der Waals surface area (Å²) in [4.78, 5) is 0. The standard InChI is InChI=1S/4C6F5.2ClH.O.2Sn/c4*7-2-1-3(8)5(10)6(11)4(2)9;;;;;/h;;;;2*1H;;;/q;;;;;;;2*+1/p-2. The number of hydrogen-bond donors (Lipinski definition) is 0. The molecule has 0 saturated heterocycles. The van der Waals surface area contributed by atoms with Crippen molar-refractivity contribution in [1.82, 2.24) is 0 Å². The molecular weight excluding hydrogens is 993 g/mol. The monoisotopic (exact) mass is 994 g/mol. The summed E-state index contributed by atoms with van der Waals surface area (Å²) in [6, 6.07) is 0. The van der Waals surface area contributed by atoms with Crippen LogP contribution in [0.2, 0.25) is 0 Å². The molecule has 0 saturated carbocycles. The van der Waals surface area contributed by atoms with Gasteiger partial charge in [0.2, 0.25) is 0 Å². The first-order valence-corrected chi connectivity index (χ1v) is 26.8. The van der Waals surface area contributed by atoms with E-state index in [2.05, 4.69) is 1.41 Å². The van der Waals surface area contributed by atoms with Crippen molar-refractivity contribution in [3.63, 3.8) is 0 Å². The minimum atomic E-state index is -8.90. The summed E-state index contributed by atoms with van der Waals surface area (Å²) in [6.07, 6.45) is 0. The van der Waals surface area contributed by atoms with Gasteiger partial charge in [-0.2, -0.15) is 0 Å². The van der Waals surface area contributed by atoms with E-state index in [0.717, 1.165) is 0 Å². The first-order valence-electron chi connectivity index (χ1n) is 11.6. The van der Waals surface area contributed by atoms with Gasteiger partial charge < -0.3 is 0 Å². The molecule has 0 fully saturated rings. The molecule has 0 aromatic heterocycles. The molecule has 25 heteroatoms. The molecule has 0 unspecified atom stereocenters. The minimum absolute atomic E-state index is 3.02. The second-order valence-electron chi connectivity index (χ2n) is 9.07. The molecule has 49 heavy (non-hydrogen) atoms. The molecule has 0 spiro atoms. The summed E-state index contributed by atoms with van der Waals surface area (Å²) in [7, 11) is 11.8. The van der Waals surface area contributed by atoms with Crippen LogP contribution >= 0.6 is 17.8 Å². The summed E-state index contributed by atoms with van der Waals surface area (Å²) < 4.78 is 284. The maximum absolute atomic E-state index is 15.2. The van der Waals surface area contributed by atoms with E-state index in [-0.39, 0.29) is 0 Å². The first-order chi connectivity index (χ1) is 22.4. The molecule has 1 nitrogen and oxygen atoms in total. The molecule has 0 heterocycles. The maximum atomic E-state index is 15.2. The van der Waals surface area contributed by atoms with Gasteiger partial charge in [0.1, 0.15) is 0 Å². The fourth-order valence-electron chi connectivity index (χ4n) is 4.20. The molecule has 0 atom stereocenters. The summed E-state index contributed by atoms with van der Waals surface area (Å²) in [5.41, 5.74) is 0. The van der Waals surface area contributed by atoms with Gasteiger partial charge in [-0.25, -0.2) is 0 Å². The third-order valence-corrected chi connectivity index (χ3v) is 43.2. The Kier molecular flexibility index (Phi) is 10.7. The zero-order valence-corrected chi connectivity index (χ0v) is 28.9. The molecule has 0 amide bonds. The van der Waals surface area contributed by atoms with E-state index in [1.807, 2.05) is 0 Å². The molecule has 0 aliphatic carbocycles. The molecule has 0 N–H and O–H groups in total. The zero-order chi connectivity index (χ0) is 37.6. The van der Waals surface area contributed by atoms with Crippen LogP contribution < -0.4 is 14.3 Å². The average Bonchev–Trinajstić information content (AvgIpc) is 3.04. The normalized spacial score (nSPS) is 12.4. The Morgan fingerprint density at radius 2 is 0.327 bits per heavy atom. The Labute approximate surface area is 271 Å². The predicted octanol–water partition coefficient (Wildman–Crippen LogP) is 6.78. The third kappa shape index (κ3) is 5.68. The van der Waals surface area contributed by atoms with Crippen LogP contribution in [0.25, 0.3) is 0 Å². The third-order valence-electron chi connectivity index (χ3n) is 6.41. The van der Waals surface area contributed by atoms with Crippen molar-refractivity contribution in [3.05, 3.63) is 116 Å². The Morgan fingerprint density at radius 1 is 0.224 bits per heavy atom. The van der Waals surface area contributed by atoms with Gasteiger partial charge in [0.15, 0.2) is 0 Å². The van der Waals surface area contributed by atoms with E-state index in [1.54, 1.807) is 0 Å². The fourth-order valence-corrected chi connectivity index (χ4v) is 48.7. The predicted molar refractivity (Wildman–Crippen MR) is 128 cm³/mol. The van der Waals surface area contributed by atoms with Gasteiger partial charge in [-0.05, 0) is 0 Å². The van der Waals surface area contributed by atoms with Crippen LogP contribution in [-0.4, -0.2) is 35.3 Å². The Hall–Kier alpha value is -2.38. The molecule has 4 aromatic rings. The molecule has 0 aliphatic rings.